The second-order valence-electron chi connectivity index (χ2n) is 6.08. The Morgan fingerprint density at radius 2 is 2.06 bits per heavy atom. The summed E-state index contributed by atoms with van der Waals surface area (Å²) < 4.78 is 18.7. The van der Waals surface area contributed by atoms with E-state index in [4.69, 9.17) is 4.74 Å². The van der Waals surface area contributed by atoms with Gasteiger partial charge in [-0.1, -0.05) is 13.8 Å². The molecule has 1 aliphatic heterocycles. The number of nitrogens with zero attached hydrogens (tertiary/aromatic N) is 1. The van der Waals surface area contributed by atoms with Crippen molar-refractivity contribution in [3.05, 3.63) is 0 Å². The van der Waals surface area contributed by atoms with Gasteiger partial charge in [-0.3, -0.25) is 4.90 Å². The van der Waals surface area contributed by atoms with Gasteiger partial charge >= 0.3 is 0 Å². The Labute approximate surface area is 98.1 Å². The van der Waals surface area contributed by atoms with Gasteiger partial charge in [-0.15, -0.1) is 0 Å². The normalized spacial score (nSPS) is 33.6. The van der Waals surface area contributed by atoms with Crippen molar-refractivity contribution in [3.8, 4) is 0 Å². The summed E-state index contributed by atoms with van der Waals surface area (Å²) in [7, 11) is 1.61. The van der Waals surface area contributed by atoms with E-state index in [-0.39, 0.29) is 6.10 Å². The predicted octanol–water partition coefficient (Wildman–Crippen LogP) is 2.48. The van der Waals surface area contributed by atoms with Crippen molar-refractivity contribution in [1.82, 2.24) is 4.90 Å². The van der Waals surface area contributed by atoms with E-state index in [2.05, 4.69) is 18.7 Å². The molecular weight excluding hydrogens is 205 g/mol. The smallest absolute Gasteiger partial charge is 0.140 e. The maximum atomic E-state index is 13.5. The number of likely N-dealkylation sites (tertiary alicyclic amines) is 1. The molecular formula is C13H24FNO. The Kier molecular flexibility index (Phi) is 3.55. The molecule has 2 nitrogen and oxygen atoms in total. The lowest BCUT2D eigenvalue weighted by molar-refractivity contribution is 0.0616. The predicted molar refractivity (Wildman–Crippen MR) is 63.3 cm³/mol. The molecule has 1 saturated carbocycles. The van der Waals surface area contributed by atoms with E-state index in [1.54, 1.807) is 7.11 Å². The van der Waals surface area contributed by atoms with Crippen molar-refractivity contribution in [2.45, 2.75) is 45.4 Å². The summed E-state index contributed by atoms with van der Waals surface area (Å²) in [6.07, 6.45) is 2.96. The van der Waals surface area contributed by atoms with Gasteiger partial charge in [-0.25, -0.2) is 4.39 Å². The van der Waals surface area contributed by atoms with Crippen LogP contribution in [0.5, 0.6) is 0 Å². The van der Waals surface area contributed by atoms with E-state index in [0.717, 1.165) is 19.0 Å². The number of methoxy groups -OCH3 is 1. The standard InChI is InChI=1S/C13H24FNO/c1-10(2)6-13(4-5-13)9-15-7-11(14)12(8-15)16-3/h10-12H,4-9H2,1-3H3/t11-,12+/m1/s1. The van der Waals surface area contributed by atoms with Crippen molar-refractivity contribution in [3.63, 3.8) is 0 Å². The largest absolute Gasteiger partial charge is 0.377 e. The molecule has 0 radical (unpaired) electrons. The molecule has 2 atom stereocenters. The minimum atomic E-state index is -0.792. The fourth-order valence-electron chi connectivity index (χ4n) is 3.10. The van der Waals surface area contributed by atoms with E-state index in [1.807, 2.05) is 0 Å². The summed E-state index contributed by atoms with van der Waals surface area (Å²) in [6, 6.07) is 0. The van der Waals surface area contributed by atoms with Crippen molar-refractivity contribution in [2.24, 2.45) is 11.3 Å². The van der Waals surface area contributed by atoms with Gasteiger partial charge in [0.2, 0.25) is 0 Å². The molecule has 0 bridgehead atoms. The van der Waals surface area contributed by atoms with Crippen LogP contribution >= 0.6 is 0 Å². The molecule has 0 aromatic carbocycles. The van der Waals surface area contributed by atoms with Gasteiger partial charge in [-0.05, 0) is 30.6 Å². The summed E-state index contributed by atoms with van der Waals surface area (Å²) in [6.45, 7) is 6.97. The average molecular weight is 229 g/mol. The number of alkyl halides is 1. The molecule has 0 aromatic heterocycles. The SMILES string of the molecule is CO[C@H]1CN(CC2(CC(C)C)CC2)C[C@H]1F. The van der Waals surface area contributed by atoms with Crippen LogP contribution in [0.1, 0.15) is 33.1 Å². The Balaban J connectivity index is 1.82. The Bertz CT molecular complexity index is 240. The molecule has 1 aliphatic carbocycles. The van der Waals surface area contributed by atoms with Crippen molar-refractivity contribution >= 4 is 0 Å². The first kappa shape index (κ1) is 12.3. The lowest BCUT2D eigenvalue weighted by Gasteiger charge is -2.24. The van der Waals surface area contributed by atoms with Gasteiger partial charge in [0.15, 0.2) is 0 Å². The third kappa shape index (κ3) is 2.75. The van der Waals surface area contributed by atoms with E-state index < -0.39 is 6.17 Å². The molecule has 0 aromatic rings. The zero-order chi connectivity index (χ0) is 11.8. The van der Waals surface area contributed by atoms with Gasteiger partial charge in [-0.2, -0.15) is 0 Å². The molecule has 1 heterocycles. The molecule has 0 unspecified atom stereocenters. The van der Waals surface area contributed by atoms with Crippen LogP contribution in [0.4, 0.5) is 4.39 Å². The van der Waals surface area contributed by atoms with Crippen LogP contribution in [0.25, 0.3) is 0 Å². The summed E-state index contributed by atoms with van der Waals surface area (Å²) in [5.74, 6) is 0.754. The first-order valence-electron chi connectivity index (χ1n) is 6.44. The quantitative estimate of drug-likeness (QED) is 0.718. The molecule has 0 amide bonds. The molecule has 0 spiro atoms. The number of ether oxygens (including phenoxy) is 1. The van der Waals surface area contributed by atoms with E-state index in [9.17, 15) is 4.39 Å². The second-order valence-corrected chi connectivity index (χ2v) is 6.08. The zero-order valence-electron chi connectivity index (χ0n) is 10.7. The van der Waals surface area contributed by atoms with Crippen molar-refractivity contribution in [1.29, 1.82) is 0 Å². The summed E-state index contributed by atoms with van der Waals surface area (Å²) in [4.78, 5) is 2.26. The fraction of sp³-hybridized carbons (Fsp3) is 1.00. The van der Waals surface area contributed by atoms with Crippen LogP contribution in [0.2, 0.25) is 0 Å². The van der Waals surface area contributed by atoms with Gasteiger partial charge in [0.25, 0.3) is 0 Å². The lowest BCUT2D eigenvalue weighted by atomic mass is 9.94. The van der Waals surface area contributed by atoms with Crippen LogP contribution in [0, 0.1) is 11.3 Å². The fourth-order valence-corrected chi connectivity index (χ4v) is 3.10. The van der Waals surface area contributed by atoms with Crippen LogP contribution in [-0.2, 0) is 4.74 Å². The summed E-state index contributed by atoms with van der Waals surface area (Å²) in [5.41, 5.74) is 0.510. The number of rotatable bonds is 5. The average Bonchev–Trinajstić information content (AvgIpc) is 2.82. The maximum Gasteiger partial charge on any atom is 0.140 e. The van der Waals surface area contributed by atoms with Gasteiger partial charge < -0.3 is 4.74 Å². The van der Waals surface area contributed by atoms with E-state index in [1.165, 1.54) is 19.3 Å². The molecule has 2 rings (SSSR count). The van der Waals surface area contributed by atoms with E-state index in [0.29, 0.717) is 12.0 Å². The lowest BCUT2D eigenvalue weighted by Crippen LogP contribution is -2.30. The Morgan fingerprint density at radius 3 is 2.50 bits per heavy atom. The van der Waals surface area contributed by atoms with Crippen LogP contribution in [0.15, 0.2) is 0 Å². The molecule has 2 fully saturated rings. The van der Waals surface area contributed by atoms with Crippen LogP contribution < -0.4 is 0 Å². The number of halogens is 1. The molecule has 1 saturated heterocycles. The highest BCUT2D eigenvalue weighted by Crippen LogP contribution is 2.51. The second kappa shape index (κ2) is 4.61. The summed E-state index contributed by atoms with van der Waals surface area (Å²) >= 11 is 0. The third-order valence-corrected chi connectivity index (χ3v) is 3.93. The molecule has 0 N–H and O–H groups in total. The molecule has 2 aliphatic rings. The van der Waals surface area contributed by atoms with Gasteiger partial charge in [0.05, 0.1) is 0 Å². The summed E-state index contributed by atoms with van der Waals surface area (Å²) in [5, 5.41) is 0. The van der Waals surface area contributed by atoms with Gasteiger partial charge in [0.1, 0.15) is 12.3 Å². The minimum Gasteiger partial charge on any atom is -0.377 e. The van der Waals surface area contributed by atoms with Crippen molar-refractivity contribution < 1.29 is 9.13 Å². The maximum absolute atomic E-state index is 13.5. The third-order valence-electron chi connectivity index (χ3n) is 3.93. The monoisotopic (exact) mass is 229 g/mol. The molecule has 3 heteroatoms. The highest BCUT2D eigenvalue weighted by Gasteiger charge is 2.46. The van der Waals surface area contributed by atoms with Crippen molar-refractivity contribution in [2.75, 3.05) is 26.7 Å². The molecule has 16 heavy (non-hydrogen) atoms. The zero-order valence-corrected chi connectivity index (χ0v) is 10.7. The topological polar surface area (TPSA) is 12.5 Å². The number of hydrogen-bond donors (Lipinski definition) is 0. The highest BCUT2D eigenvalue weighted by molar-refractivity contribution is 4.98. The van der Waals surface area contributed by atoms with E-state index >= 15 is 0 Å². The van der Waals surface area contributed by atoms with Crippen LogP contribution in [-0.4, -0.2) is 43.9 Å². The highest BCUT2D eigenvalue weighted by atomic mass is 19.1. The van der Waals surface area contributed by atoms with Crippen LogP contribution in [0.3, 0.4) is 0 Å². The first-order valence-corrected chi connectivity index (χ1v) is 6.44. The minimum absolute atomic E-state index is 0.199. The first-order chi connectivity index (χ1) is 7.54. The Morgan fingerprint density at radius 1 is 1.38 bits per heavy atom. The molecule has 94 valence electrons. The number of hydrogen-bond acceptors (Lipinski definition) is 2. The van der Waals surface area contributed by atoms with Gasteiger partial charge in [0, 0.05) is 26.7 Å². The Hall–Kier alpha value is -0.150.